The Labute approximate surface area is 112 Å². The van der Waals surface area contributed by atoms with E-state index in [2.05, 4.69) is 20.3 Å². The molecule has 1 saturated carbocycles. The Kier molecular flexibility index (Phi) is 3.55. The zero-order chi connectivity index (χ0) is 13.1. The number of pyridine rings is 1. The van der Waals surface area contributed by atoms with Crippen LogP contribution in [0.3, 0.4) is 0 Å². The molecule has 1 fully saturated rings. The Morgan fingerprint density at radius 1 is 1.16 bits per heavy atom. The molecule has 0 saturated heterocycles. The molecule has 2 heterocycles. The van der Waals surface area contributed by atoms with Crippen molar-refractivity contribution in [3.8, 4) is 0 Å². The molecule has 1 aliphatic carbocycles. The molecule has 2 aromatic heterocycles. The molecule has 3 rings (SSSR count). The van der Waals surface area contributed by atoms with E-state index in [1.165, 1.54) is 6.42 Å². The zero-order valence-electron chi connectivity index (χ0n) is 10.8. The molecule has 0 spiro atoms. The van der Waals surface area contributed by atoms with Gasteiger partial charge in [0, 0.05) is 24.9 Å². The highest BCUT2D eigenvalue weighted by atomic mass is 16.3. The molecular weight excluding hydrogens is 240 g/mol. The average molecular weight is 258 g/mol. The van der Waals surface area contributed by atoms with Crippen LogP contribution in [0.25, 0.3) is 11.2 Å². The van der Waals surface area contributed by atoms with Gasteiger partial charge in [-0.25, -0.2) is 9.97 Å². The third-order valence-corrected chi connectivity index (χ3v) is 3.75. The van der Waals surface area contributed by atoms with Crippen molar-refractivity contribution in [1.29, 1.82) is 0 Å². The Morgan fingerprint density at radius 3 is 2.89 bits per heavy atom. The molecule has 0 bridgehead atoms. The first kappa shape index (κ1) is 12.3. The predicted molar refractivity (Wildman–Crippen MR) is 73.8 cm³/mol. The van der Waals surface area contributed by atoms with Crippen molar-refractivity contribution in [2.75, 3.05) is 11.9 Å². The quantitative estimate of drug-likeness (QED) is 0.881. The fourth-order valence-corrected chi connectivity index (χ4v) is 2.61. The summed E-state index contributed by atoms with van der Waals surface area (Å²) in [5.74, 6) is 1.12. The van der Waals surface area contributed by atoms with Crippen molar-refractivity contribution in [3.05, 3.63) is 24.5 Å². The minimum absolute atomic E-state index is 0.179. The summed E-state index contributed by atoms with van der Waals surface area (Å²) in [4.78, 5) is 12.8. The lowest BCUT2D eigenvalue weighted by molar-refractivity contribution is 0.0763. The number of hydrogen-bond acceptors (Lipinski definition) is 5. The third-order valence-electron chi connectivity index (χ3n) is 3.75. The van der Waals surface area contributed by atoms with Gasteiger partial charge in [-0.2, -0.15) is 0 Å². The molecular formula is C14H18N4O. The lowest BCUT2D eigenvalue weighted by Gasteiger charge is -2.27. The highest BCUT2D eigenvalue weighted by Gasteiger charge is 2.22. The summed E-state index contributed by atoms with van der Waals surface area (Å²) in [5.41, 5.74) is 1.45. The summed E-state index contributed by atoms with van der Waals surface area (Å²) in [7, 11) is 0. The topological polar surface area (TPSA) is 70.9 Å². The highest BCUT2D eigenvalue weighted by Crippen LogP contribution is 2.24. The van der Waals surface area contributed by atoms with Gasteiger partial charge in [0.25, 0.3) is 0 Å². The monoisotopic (exact) mass is 258 g/mol. The first-order chi connectivity index (χ1) is 9.33. The second-order valence-electron chi connectivity index (χ2n) is 5.09. The van der Waals surface area contributed by atoms with E-state index in [1.54, 1.807) is 12.4 Å². The summed E-state index contributed by atoms with van der Waals surface area (Å²) in [6.45, 7) is 0.764. The van der Waals surface area contributed by atoms with Crippen molar-refractivity contribution >= 4 is 17.0 Å². The number of rotatable bonds is 3. The van der Waals surface area contributed by atoms with Gasteiger partial charge in [-0.1, -0.05) is 12.8 Å². The van der Waals surface area contributed by atoms with E-state index in [-0.39, 0.29) is 6.10 Å². The Morgan fingerprint density at radius 2 is 2.00 bits per heavy atom. The van der Waals surface area contributed by atoms with E-state index in [4.69, 9.17) is 0 Å². The summed E-state index contributed by atoms with van der Waals surface area (Å²) in [6.07, 6.45) is 7.48. The van der Waals surface area contributed by atoms with Gasteiger partial charge in [0.05, 0.1) is 6.10 Å². The molecule has 2 unspecified atom stereocenters. The van der Waals surface area contributed by atoms with E-state index < -0.39 is 0 Å². The van der Waals surface area contributed by atoms with Crippen LogP contribution in [0.2, 0.25) is 0 Å². The van der Waals surface area contributed by atoms with Crippen LogP contribution in [0.4, 0.5) is 5.82 Å². The van der Waals surface area contributed by atoms with Crippen LogP contribution < -0.4 is 5.32 Å². The number of aliphatic hydroxyl groups excluding tert-OH is 1. The van der Waals surface area contributed by atoms with Crippen molar-refractivity contribution in [2.24, 2.45) is 5.92 Å². The normalized spacial score (nSPS) is 23.4. The lowest BCUT2D eigenvalue weighted by atomic mass is 9.86. The van der Waals surface area contributed by atoms with Crippen molar-refractivity contribution in [2.45, 2.75) is 31.8 Å². The van der Waals surface area contributed by atoms with Crippen molar-refractivity contribution in [3.63, 3.8) is 0 Å². The molecule has 0 radical (unpaired) electrons. The molecule has 0 amide bonds. The largest absolute Gasteiger partial charge is 0.393 e. The summed E-state index contributed by atoms with van der Waals surface area (Å²) in [5, 5.41) is 13.2. The fraction of sp³-hybridized carbons (Fsp3) is 0.500. The van der Waals surface area contributed by atoms with Crippen molar-refractivity contribution < 1.29 is 5.11 Å². The smallest absolute Gasteiger partial charge is 0.180 e. The first-order valence-electron chi connectivity index (χ1n) is 6.82. The van der Waals surface area contributed by atoms with Gasteiger partial charge < -0.3 is 10.4 Å². The molecule has 2 aromatic rings. The van der Waals surface area contributed by atoms with Gasteiger partial charge in [0.1, 0.15) is 11.3 Å². The summed E-state index contributed by atoms with van der Waals surface area (Å²) < 4.78 is 0. The number of nitrogens with zero attached hydrogens (tertiary/aromatic N) is 3. The van der Waals surface area contributed by atoms with Crippen molar-refractivity contribution in [1.82, 2.24) is 15.0 Å². The maximum absolute atomic E-state index is 9.94. The van der Waals surface area contributed by atoms with Crippen LogP contribution in [-0.4, -0.2) is 32.7 Å². The molecule has 0 aromatic carbocycles. The summed E-state index contributed by atoms with van der Waals surface area (Å²) in [6, 6.07) is 3.82. The molecule has 100 valence electrons. The number of aliphatic hydroxyl groups is 1. The van der Waals surface area contributed by atoms with Gasteiger partial charge in [-0.05, 0) is 25.0 Å². The van der Waals surface area contributed by atoms with Crippen LogP contribution in [0, 0.1) is 5.92 Å². The fourth-order valence-electron chi connectivity index (χ4n) is 2.61. The SMILES string of the molecule is OC1CCCCC1CNc1ccc2nccnc2n1. The number of hydrogen-bond donors (Lipinski definition) is 2. The molecule has 0 aliphatic heterocycles. The Hall–Kier alpha value is -1.75. The summed E-state index contributed by atoms with van der Waals surface area (Å²) >= 11 is 0. The van der Waals surface area contributed by atoms with Crippen LogP contribution in [0.5, 0.6) is 0 Å². The number of anilines is 1. The minimum atomic E-state index is -0.179. The maximum atomic E-state index is 9.94. The lowest BCUT2D eigenvalue weighted by Crippen LogP contribution is -2.30. The Balaban J connectivity index is 1.67. The van der Waals surface area contributed by atoms with E-state index in [0.29, 0.717) is 11.6 Å². The zero-order valence-corrected chi connectivity index (χ0v) is 10.8. The molecule has 1 aliphatic rings. The van der Waals surface area contributed by atoms with E-state index >= 15 is 0 Å². The maximum Gasteiger partial charge on any atom is 0.180 e. The molecule has 2 atom stereocenters. The average Bonchev–Trinajstić information content (AvgIpc) is 2.46. The highest BCUT2D eigenvalue weighted by molar-refractivity contribution is 5.71. The van der Waals surface area contributed by atoms with E-state index in [9.17, 15) is 5.11 Å². The van der Waals surface area contributed by atoms with Crippen LogP contribution in [-0.2, 0) is 0 Å². The van der Waals surface area contributed by atoms with Gasteiger partial charge in [0.15, 0.2) is 5.65 Å². The van der Waals surface area contributed by atoms with E-state index in [1.807, 2.05) is 12.1 Å². The van der Waals surface area contributed by atoms with Crippen LogP contribution >= 0.6 is 0 Å². The molecule has 19 heavy (non-hydrogen) atoms. The van der Waals surface area contributed by atoms with Gasteiger partial charge in [-0.3, -0.25) is 4.98 Å². The van der Waals surface area contributed by atoms with E-state index in [0.717, 1.165) is 37.1 Å². The standard InChI is InChI=1S/C14H18N4O/c19-12-4-2-1-3-10(12)9-17-13-6-5-11-14(18-13)16-8-7-15-11/h5-8,10,12,19H,1-4,9H2,(H,16,17,18). The van der Waals surface area contributed by atoms with Crippen LogP contribution in [0.1, 0.15) is 25.7 Å². The minimum Gasteiger partial charge on any atom is -0.393 e. The molecule has 2 N–H and O–H groups in total. The third kappa shape index (κ3) is 2.81. The second-order valence-corrected chi connectivity index (χ2v) is 5.09. The van der Waals surface area contributed by atoms with Gasteiger partial charge in [0.2, 0.25) is 0 Å². The second kappa shape index (κ2) is 5.48. The Bertz CT molecular complexity index is 560. The predicted octanol–water partition coefficient (Wildman–Crippen LogP) is 1.99. The molecule has 5 nitrogen and oxygen atoms in total. The number of aromatic nitrogens is 3. The van der Waals surface area contributed by atoms with Gasteiger partial charge >= 0.3 is 0 Å². The van der Waals surface area contributed by atoms with Gasteiger partial charge in [-0.15, -0.1) is 0 Å². The number of nitrogens with one attached hydrogen (secondary N) is 1. The van der Waals surface area contributed by atoms with Crippen LogP contribution in [0.15, 0.2) is 24.5 Å². The number of fused-ring (bicyclic) bond motifs is 1. The first-order valence-corrected chi connectivity index (χ1v) is 6.82. The molecule has 5 heteroatoms.